The second-order valence-electron chi connectivity index (χ2n) is 5.14. The van der Waals surface area contributed by atoms with E-state index in [2.05, 4.69) is 16.1 Å². The maximum atomic E-state index is 11.9. The summed E-state index contributed by atoms with van der Waals surface area (Å²) < 4.78 is 10.2. The Bertz CT molecular complexity index is 571. The Labute approximate surface area is 135 Å². The van der Waals surface area contributed by atoms with Gasteiger partial charge in [0, 0.05) is 19.6 Å². The molecule has 0 aliphatic carbocycles. The Kier molecular flexibility index (Phi) is 6.60. The summed E-state index contributed by atoms with van der Waals surface area (Å²) in [5.41, 5.74) is 1.54. The van der Waals surface area contributed by atoms with E-state index in [9.17, 15) is 9.59 Å². The van der Waals surface area contributed by atoms with Gasteiger partial charge in [0.25, 0.3) is 5.91 Å². The van der Waals surface area contributed by atoms with Crippen LogP contribution in [0.1, 0.15) is 15.9 Å². The van der Waals surface area contributed by atoms with Crippen molar-refractivity contribution in [3.8, 4) is 12.3 Å². The van der Waals surface area contributed by atoms with Gasteiger partial charge in [0.05, 0.1) is 25.3 Å². The molecular formula is C17H20N2O4. The van der Waals surface area contributed by atoms with E-state index in [1.54, 1.807) is 12.1 Å². The molecule has 122 valence electrons. The molecule has 1 aliphatic rings. The van der Waals surface area contributed by atoms with E-state index in [0.29, 0.717) is 5.56 Å². The minimum absolute atomic E-state index is 0.118. The fourth-order valence-corrected chi connectivity index (χ4v) is 2.18. The molecule has 23 heavy (non-hydrogen) atoms. The number of terminal acetylenes is 1. The van der Waals surface area contributed by atoms with E-state index in [1.807, 2.05) is 12.1 Å². The highest BCUT2D eigenvalue weighted by Crippen LogP contribution is 2.10. The monoisotopic (exact) mass is 316 g/mol. The summed E-state index contributed by atoms with van der Waals surface area (Å²) in [6, 6.07) is 7.20. The van der Waals surface area contributed by atoms with Crippen molar-refractivity contribution in [1.82, 2.24) is 10.2 Å². The summed E-state index contributed by atoms with van der Waals surface area (Å²) in [5.74, 6) is 1.33. The van der Waals surface area contributed by atoms with Gasteiger partial charge in [-0.15, -0.1) is 6.42 Å². The largest absolute Gasteiger partial charge is 0.452 e. The fourth-order valence-electron chi connectivity index (χ4n) is 2.18. The molecule has 0 aromatic heterocycles. The predicted octanol–water partition coefficient (Wildman–Crippen LogP) is 0.425. The Morgan fingerprint density at radius 1 is 1.26 bits per heavy atom. The van der Waals surface area contributed by atoms with E-state index >= 15 is 0 Å². The van der Waals surface area contributed by atoms with Crippen LogP contribution in [0.2, 0.25) is 0 Å². The summed E-state index contributed by atoms with van der Waals surface area (Å²) >= 11 is 0. The van der Waals surface area contributed by atoms with Crippen molar-refractivity contribution in [2.75, 3.05) is 39.5 Å². The lowest BCUT2D eigenvalue weighted by Crippen LogP contribution is -2.35. The Morgan fingerprint density at radius 3 is 2.61 bits per heavy atom. The van der Waals surface area contributed by atoms with Crippen molar-refractivity contribution < 1.29 is 19.1 Å². The van der Waals surface area contributed by atoms with Gasteiger partial charge < -0.3 is 14.8 Å². The Hall–Kier alpha value is -2.36. The van der Waals surface area contributed by atoms with Crippen LogP contribution >= 0.6 is 0 Å². The molecule has 1 amide bonds. The molecule has 0 saturated carbocycles. The van der Waals surface area contributed by atoms with Crippen LogP contribution in [0.5, 0.6) is 0 Å². The number of ether oxygens (including phenoxy) is 2. The molecule has 0 unspecified atom stereocenters. The lowest BCUT2D eigenvalue weighted by molar-refractivity contribution is -0.123. The highest BCUT2D eigenvalue weighted by Gasteiger charge is 2.12. The zero-order chi connectivity index (χ0) is 16.5. The first-order valence-electron chi connectivity index (χ1n) is 7.45. The van der Waals surface area contributed by atoms with Crippen LogP contribution in [0.3, 0.4) is 0 Å². The second kappa shape index (κ2) is 8.93. The predicted molar refractivity (Wildman–Crippen MR) is 84.7 cm³/mol. The highest BCUT2D eigenvalue weighted by atomic mass is 16.5. The number of nitrogens with zero attached hydrogens (tertiary/aromatic N) is 1. The first-order chi connectivity index (χ1) is 11.2. The van der Waals surface area contributed by atoms with Gasteiger partial charge in [-0.2, -0.15) is 0 Å². The molecule has 6 heteroatoms. The average molecular weight is 316 g/mol. The number of esters is 1. The topological polar surface area (TPSA) is 67.9 Å². The molecule has 1 N–H and O–H groups in total. The van der Waals surface area contributed by atoms with Gasteiger partial charge in [-0.3, -0.25) is 9.69 Å². The number of rotatable bonds is 6. The molecule has 1 aromatic rings. The lowest BCUT2D eigenvalue weighted by Gasteiger charge is -2.26. The molecule has 2 rings (SSSR count). The van der Waals surface area contributed by atoms with Crippen LogP contribution in [0.4, 0.5) is 0 Å². The maximum absolute atomic E-state index is 11.9. The Balaban J connectivity index is 1.80. The van der Waals surface area contributed by atoms with Gasteiger partial charge in [-0.25, -0.2) is 4.79 Å². The van der Waals surface area contributed by atoms with Crippen LogP contribution in [0, 0.1) is 12.3 Å². The number of carbonyl (C=O) groups excluding carboxylic acids is 2. The number of benzene rings is 1. The van der Waals surface area contributed by atoms with Crippen molar-refractivity contribution in [2.24, 2.45) is 0 Å². The SMILES string of the molecule is C#CCNC(=O)COC(=O)c1ccc(CN2CCOCC2)cc1. The van der Waals surface area contributed by atoms with Crippen LogP contribution in [-0.2, 0) is 20.8 Å². The van der Waals surface area contributed by atoms with Crippen LogP contribution in [-0.4, -0.2) is 56.2 Å². The molecule has 1 aliphatic heterocycles. The van der Waals surface area contributed by atoms with Gasteiger partial charge in [0.15, 0.2) is 6.61 Å². The summed E-state index contributed by atoms with van der Waals surface area (Å²) in [4.78, 5) is 25.5. The third-order valence-electron chi connectivity index (χ3n) is 3.42. The molecular weight excluding hydrogens is 296 g/mol. The van der Waals surface area contributed by atoms with Gasteiger partial charge in [0.2, 0.25) is 0 Å². The van der Waals surface area contributed by atoms with Gasteiger partial charge in [-0.05, 0) is 17.7 Å². The summed E-state index contributed by atoms with van der Waals surface area (Å²) in [7, 11) is 0. The summed E-state index contributed by atoms with van der Waals surface area (Å²) in [6.45, 7) is 3.95. The summed E-state index contributed by atoms with van der Waals surface area (Å²) in [5, 5.41) is 2.43. The minimum Gasteiger partial charge on any atom is -0.452 e. The maximum Gasteiger partial charge on any atom is 0.338 e. The third-order valence-corrected chi connectivity index (χ3v) is 3.42. The van der Waals surface area contributed by atoms with E-state index in [-0.39, 0.29) is 13.2 Å². The molecule has 0 spiro atoms. The first kappa shape index (κ1) is 17.0. The summed E-state index contributed by atoms with van der Waals surface area (Å²) in [6.07, 6.45) is 5.02. The zero-order valence-electron chi connectivity index (χ0n) is 12.9. The minimum atomic E-state index is -0.529. The third kappa shape index (κ3) is 5.74. The van der Waals surface area contributed by atoms with Crippen molar-refractivity contribution in [3.05, 3.63) is 35.4 Å². The first-order valence-corrected chi connectivity index (χ1v) is 7.45. The molecule has 1 fully saturated rings. The number of carbonyl (C=O) groups is 2. The van der Waals surface area contributed by atoms with Gasteiger partial charge in [-0.1, -0.05) is 18.1 Å². The van der Waals surface area contributed by atoms with Crippen LogP contribution < -0.4 is 5.32 Å². The van der Waals surface area contributed by atoms with Gasteiger partial charge >= 0.3 is 5.97 Å². The standard InChI is InChI=1S/C17H20N2O4/c1-2-7-18-16(20)13-23-17(21)15-5-3-14(4-6-15)12-19-8-10-22-11-9-19/h1,3-6H,7-13H2,(H,18,20). The van der Waals surface area contributed by atoms with Crippen molar-refractivity contribution in [2.45, 2.75) is 6.54 Å². The smallest absolute Gasteiger partial charge is 0.338 e. The van der Waals surface area contributed by atoms with E-state index < -0.39 is 11.9 Å². The normalized spacial score (nSPS) is 14.7. The number of hydrogen-bond acceptors (Lipinski definition) is 5. The molecule has 1 aromatic carbocycles. The molecule has 0 atom stereocenters. The molecule has 6 nitrogen and oxygen atoms in total. The number of morpholine rings is 1. The van der Waals surface area contributed by atoms with E-state index in [0.717, 1.165) is 38.4 Å². The van der Waals surface area contributed by atoms with Crippen molar-refractivity contribution in [1.29, 1.82) is 0 Å². The van der Waals surface area contributed by atoms with Gasteiger partial charge in [0.1, 0.15) is 0 Å². The van der Waals surface area contributed by atoms with E-state index in [1.165, 1.54) is 0 Å². The zero-order valence-corrected chi connectivity index (χ0v) is 12.9. The Morgan fingerprint density at radius 2 is 1.96 bits per heavy atom. The number of nitrogens with one attached hydrogen (secondary N) is 1. The fraction of sp³-hybridized carbons (Fsp3) is 0.412. The quantitative estimate of drug-likeness (QED) is 0.609. The number of hydrogen-bond donors (Lipinski definition) is 1. The molecule has 1 saturated heterocycles. The van der Waals surface area contributed by atoms with Crippen LogP contribution in [0.25, 0.3) is 0 Å². The number of amides is 1. The average Bonchev–Trinajstić information content (AvgIpc) is 2.59. The molecule has 0 radical (unpaired) electrons. The van der Waals surface area contributed by atoms with Crippen molar-refractivity contribution in [3.63, 3.8) is 0 Å². The lowest BCUT2D eigenvalue weighted by atomic mass is 10.1. The second-order valence-corrected chi connectivity index (χ2v) is 5.14. The molecule has 1 heterocycles. The van der Waals surface area contributed by atoms with Crippen molar-refractivity contribution >= 4 is 11.9 Å². The van der Waals surface area contributed by atoms with Crippen LogP contribution in [0.15, 0.2) is 24.3 Å². The molecule has 0 bridgehead atoms. The highest BCUT2D eigenvalue weighted by molar-refractivity contribution is 5.91. The van der Waals surface area contributed by atoms with E-state index in [4.69, 9.17) is 15.9 Å².